The lowest BCUT2D eigenvalue weighted by Gasteiger charge is -2.20. The van der Waals surface area contributed by atoms with E-state index < -0.39 is 10.7 Å². The van der Waals surface area contributed by atoms with Gasteiger partial charge in [-0.2, -0.15) is 5.26 Å². The smallest absolute Gasteiger partial charge is 0.246 e. The van der Waals surface area contributed by atoms with Crippen LogP contribution in [0.2, 0.25) is 0 Å². The molecule has 1 aromatic rings. The van der Waals surface area contributed by atoms with Gasteiger partial charge in [0.25, 0.3) is 0 Å². The lowest BCUT2D eigenvalue weighted by molar-refractivity contribution is -0.115. The molecule has 3 heteroatoms. The van der Waals surface area contributed by atoms with Crippen LogP contribution in [0.5, 0.6) is 0 Å². The largest absolute Gasteiger partial charge is 0.279 e. The van der Waals surface area contributed by atoms with Gasteiger partial charge in [-0.15, -0.1) is 0 Å². The Bertz CT molecular complexity index is 369. The van der Waals surface area contributed by atoms with Crippen LogP contribution in [0.25, 0.3) is 0 Å². The molecule has 0 aliphatic heterocycles. The topological polar surface area (TPSA) is 40.9 Å². The zero-order valence-corrected chi connectivity index (χ0v) is 8.58. The Morgan fingerprint density at radius 1 is 1.50 bits per heavy atom. The van der Waals surface area contributed by atoms with E-state index in [2.05, 4.69) is 0 Å². The molecule has 0 unspecified atom stereocenters. The minimum absolute atomic E-state index is 0.385. The Balaban J connectivity index is 3.27. The molecule has 0 aliphatic rings. The van der Waals surface area contributed by atoms with Gasteiger partial charge in [-0.05, 0) is 23.6 Å². The second-order valence-electron chi connectivity index (χ2n) is 3.01. The van der Waals surface area contributed by atoms with Crippen molar-refractivity contribution in [1.29, 1.82) is 5.26 Å². The van der Waals surface area contributed by atoms with Gasteiger partial charge in [-0.1, -0.05) is 37.3 Å². The maximum absolute atomic E-state index is 11.3. The summed E-state index contributed by atoms with van der Waals surface area (Å²) in [6.45, 7) is 1.77. The Hall–Kier alpha value is -1.33. The van der Waals surface area contributed by atoms with Gasteiger partial charge in [-0.25, -0.2) is 0 Å². The summed E-state index contributed by atoms with van der Waals surface area (Å²) in [7, 11) is 0. The highest BCUT2D eigenvalue weighted by molar-refractivity contribution is 6.66. The summed E-state index contributed by atoms with van der Waals surface area (Å²) >= 11 is 5.47. The lowest BCUT2D eigenvalue weighted by atomic mass is 9.81. The fourth-order valence-corrected chi connectivity index (χ4v) is 1.65. The summed E-state index contributed by atoms with van der Waals surface area (Å²) < 4.78 is 0. The van der Waals surface area contributed by atoms with Crippen LogP contribution in [-0.2, 0) is 10.2 Å². The second kappa shape index (κ2) is 4.26. The third-order valence-electron chi connectivity index (χ3n) is 2.32. The van der Waals surface area contributed by atoms with E-state index >= 15 is 0 Å². The molecule has 0 aliphatic carbocycles. The number of benzene rings is 1. The van der Waals surface area contributed by atoms with Crippen molar-refractivity contribution in [3.8, 4) is 6.07 Å². The van der Waals surface area contributed by atoms with E-state index in [0.717, 1.165) is 0 Å². The average Bonchev–Trinajstić information content (AvgIpc) is 2.22. The van der Waals surface area contributed by atoms with E-state index in [0.29, 0.717) is 12.0 Å². The van der Waals surface area contributed by atoms with Crippen molar-refractivity contribution in [2.24, 2.45) is 0 Å². The Morgan fingerprint density at radius 3 is 2.43 bits per heavy atom. The molecule has 0 N–H and O–H groups in total. The first-order chi connectivity index (χ1) is 6.67. The highest BCUT2D eigenvalue weighted by Gasteiger charge is 2.37. The predicted octanol–water partition coefficient (Wildman–Crippen LogP) is 2.62. The maximum Gasteiger partial charge on any atom is 0.246 e. The molecule has 0 bridgehead atoms. The average molecular weight is 208 g/mol. The van der Waals surface area contributed by atoms with Crippen molar-refractivity contribution >= 4 is 16.8 Å². The minimum Gasteiger partial charge on any atom is -0.279 e. The van der Waals surface area contributed by atoms with Crippen LogP contribution in [0.4, 0.5) is 0 Å². The Labute approximate surface area is 88.1 Å². The van der Waals surface area contributed by atoms with Crippen molar-refractivity contribution in [2.45, 2.75) is 18.8 Å². The lowest BCUT2D eigenvalue weighted by Crippen LogP contribution is -2.30. The van der Waals surface area contributed by atoms with Gasteiger partial charge in [0.1, 0.15) is 0 Å². The van der Waals surface area contributed by atoms with Crippen molar-refractivity contribution < 1.29 is 4.79 Å². The summed E-state index contributed by atoms with van der Waals surface area (Å²) in [5.74, 6) is 0. The van der Waals surface area contributed by atoms with Crippen molar-refractivity contribution in [3.05, 3.63) is 35.9 Å². The molecule has 0 amide bonds. The fraction of sp³-hybridized carbons (Fsp3) is 0.273. The molecule has 1 atom stereocenters. The first-order valence-corrected chi connectivity index (χ1v) is 4.72. The normalized spacial score (nSPS) is 14.1. The summed E-state index contributed by atoms with van der Waals surface area (Å²) in [4.78, 5) is 11.3. The van der Waals surface area contributed by atoms with E-state index in [1.165, 1.54) is 0 Å². The number of hydrogen-bond acceptors (Lipinski definition) is 2. The Morgan fingerprint density at radius 2 is 2.07 bits per heavy atom. The molecule has 0 fully saturated rings. The van der Waals surface area contributed by atoms with E-state index in [-0.39, 0.29) is 0 Å². The second-order valence-corrected chi connectivity index (χ2v) is 3.35. The van der Waals surface area contributed by atoms with Crippen LogP contribution in [0, 0.1) is 11.3 Å². The van der Waals surface area contributed by atoms with E-state index in [9.17, 15) is 4.79 Å². The molecular weight excluding hydrogens is 198 g/mol. The molecular formula is C11H10ClNO. The molecule has 1 aromatic carbocycles. The number of nitriles is 1. The molecule has 0 aromatic heterocycles. The molecule has 72 valence electrons. The van der Waals surface area contributed by atoms with Crippen molar-refractivity contribution in [3.63, 3.8) is 0 Å². The van der Waals surface area contributed by atoms with Crippen LogP contribution in [0.1, 0.15) is 18.9 Å². The van der Waals surface area contributed by atoms with Gasteiger partial charge in [-0.3, -0.25) is 4.79 Å². The molecule has 1 rings (SSSR count). The summed E-state index contributed by atoms with van der Waals surface area (Å²) in [5, 5.41) is 8.43. The van der Waals surface area contributed by atoms with E-state index in [4.69, 9.17) is 16.9 Å². The molecule has 0 spiro atoms. The molecule has 2 nitrogen and oxygen atoms in total. The minimum atomic E-state index is -1.19. The standard InChI is InChI=1S/C11H10ClNO/c1-2-11(8-13,10(12)14)9-6-4-3-5-7-9/h3-7H,2H2,1H3/t11-/m1/s1. The number of halogens is 1. The summed E-state index contributed by atoms with van der Waals surface area (Å²) in [5.41, 5.74) is -0.534. The van der Waals surface area contributed by atoms with Crippen LogP contribution < -0.4 is 0 Å². The molecule has 0 radical (unpaired) electrons. The number of rotatable bonds is 3. The third-order valence-corrected chi connectivity index (χ3v) is 2.65. The molecule has 14 heavy (non-hydrogen) atoms. The van der Waals surface area contributed by atoms with Gasteiger partial charge in [0, 0.05) is 0 Å². The predicted molar refractivity (Wildman–Crippen MR) is 54.9 cm³/mol. The SMILES string of the molecule is CC[C@](C#N)(C(=O)Cl)c1ccccc1. The van der Waals surface area contributed by atoms with Crippen LogP contribution in [0.15, 0.2) is 30.3 Å². The molecule has 0 heterocycles. The highest BCUT2D eigenvalue weighted by atomic mass is 35.5. The van der Waals surface area contributed by atoms with Crippen LogP contribution >= 0.6 is 11.6 Å². The fourth-order valence-electron chi connectivity index (χ4n) is 1.37. The van der Waals surface area contributed by atoms with Gasteiger partial charge in [0.05, 0.1) is 6.07 Å². The zero-order chi connectivity index (χ0) is 10.6. The molecule has 0 saturated heterocycles. The van der Waals surface area contributed by atoms with Crippen molar-refractivity contribution in [1.82, 2.24) is 0 Å². The monoisotopic (exact) mass is 207 g/mol. The molecule has 0 saturated carbocycles. The van der Waals surface area contributed by atoms with Crippen LogP contribution in [0.3, 0.4) is 0 Å². The van der Waals surface area contributed by atoms with Gasteiger partial charge < -0.3 is 0 Å². The van der Waals surface area contributed by atoms with Gasteiger partial charge >= 0.3 is 0 Å². The van der Waals surface area contributed by atoms with Gasteiger partial charge in [0.2, 0.25) is 5.24 Å². The summed E-state index contributed by atoms with van der Waals surface area (Å²) in [6.07, 6.45) is 0.385. The van der Waals surface area contributed by atoms with Crippen LogP contribution in [-0.4, -0.2) is 5.24 Å². The number of hydrogen-bond donors (Lipinski definition) is 0. The zero-order valence-electron chi connectivity index (χ0n) is 7.83. The number of carbonyl (C=O) groups excluding carboxylic acids is 1. The Kier molecular flexibility index (Phi) is 3.27. The number of nitrogens with zero attached hydrogens (tertiary/aromatic N) is 1. The maximum atomic E-state index is 11.3. The summed E-state index contributed by atoms with van der Waals surface area (Å²) in [6, 6.07) is 10.9. The van der Waals surface area contributed by atoms with E-state index in [1.807, 2.05) is 12.1 Å². The first kappa shape index (κ1) is 10.7. The first-order valence-electron chi connectivity index (χ1n) is 4.34. The highest BCUT2D eigenvalue weighted by Crippen LogP contribution is 2.29. The van der Waals surface area contributed by atoms with Gasteiger partial charge in [0.15, 0.2) is 5.41 Å². The third kappa shape index (κ3) is 1.64. The number of carbonyl (C=O) groups is 1. The van der Waals surface area contributed by atoms with Crippen molar-refractivity contribution in [2.75, 3.05) is 0 Å². The van der Waals surface area contributed by atoms with E-state index in [1.54, 1.807) is 31.2 Å². The quantitative estimate of drug-likeness (QED) is 0.715.